The third-order valence-corrected chi connectivity index (χ3v) is 1.72. The van der Waals surface area contributed by atoms with Crippen LogP contribution in [0.4, 0.5) is 4.79 Å². The number of hydrogen-bond donors (Lipinski definition) is 0. The fraction of sp³-hybridized carbons (Fsp3) is 0.900. The van der Waals surface area contributed by atoms with Crippen LogP contribution in [0.1, 0.15) is 19.3 Å². The first-order valence-corrected chi connectivity index (χ1v) is 5.08. The summed E-state index contributed by atoms with van der Waals surface area (Å²) in [6, 6.07) is 0. The molecule has 0 N–H and O–H groups in total. The van der Waals surface area contributed by atoms with E-state index in [1.807, 2.05) is 0 Å². The third kappa shape index (κ3) is 11.1. The Morgan fingerprint density at radius 3 is 2.07 bits per heavy atom. The van der Waals surface area contributed by atoms with Crippen molar-refractivity contribution < 1.29 is 23.7 Å². The zero-order valence-electron chi connectivity index (χ0n) is 9.49. The second-order valence-electron chi connectivity index (χ2n) is 2.99. The average molecular weight is 220 g/mol. The van der Waals surface area contributed by atoms with Gasteiger partial charge in [0.15, 0.2) is 0 Å². The maximum absolute atomic E-state index is 10.9. The molecular formula is C10H20O5. The molecule has 0 bridgehead atoms. The Morgan fingerprint density at radius 1 is 0.800 bits per heavy atom. The first-order chi connectivity index (χ1) is 7.31. The van der Waals surface area contributed by atoms with Crippen LogP contribution in [0.3, 0.4) is 0 Å². The summed E-state index contributed by atoms with van der Waals surface area (Å²) in [4.78, 5) is 10.9. The predicted molar refractivity (Wildman–Crippen MR) is 54.9 cm³/mol. The van der Waals surface area contributed by atoms with Crippen molar-refractivity contribution in [2.45, 2.75) is 19.3 Å². The SMILES string of the molecule is COCCCCCOC(=O)OCCOC. The molecule has 5 heteroatoms. The minimum atomic E-state index is -0.626. The summed E-state index contributed by atoms with van der Waals surface area (Å²) in [5.41, 5.74) is 0. The lowest BCUT2D eigenvalue weighted by atomic mass is 10.2. The summed E-state index contributed by atoms with van der Waals surface area (Å²) in [7, 11) is 3.22. The van der Waals surface area contributed by atoms with Crippen molar-refractivity contribution in [3.05, 3.63) is 0 Å². The molecular weight excluding hydrogens is 200 g/mol. The minimum Gasteiger partial charge on any atom is -0.434 e. The third-order valence-electron chi connectivity index (χ3n) is 1.72. The van der Waals surface area contributed by atoms with Crippen LogP contribution in [0.5, 0.6) is 0 Å². The number of carbonyl (C=O) groups excluding carboxylic acids is 1. The molecule has 0 amide bonds. The van der Waals surface area contributed by atoms with Crippen LogP contribution in [0.15, 0.2) is 0 Å². The predicted octanol–water partition coefficient (Wildman–Crippen LogP) is 1.60. The Hall–Kier alpha value is -0.810. The van der Waals surface area contributed by atoms with Gasteiger partial charge >= 0.3 is 6.16 Å². The topological polar surface area (TPSA) is 54.0 Å². The molecule has 0 aromatic heterocycles. The zero-order chi connectivity index (χ0) is 11.4. The lowest BCUT2D eigenvalue weighted by Gasteiger charge is -2.05. The van der Waals surface area contributed by atoms with E-state index in [1.165, 1.54) is 0 Å². The molecule has 0 heterocycles. The van der Waals surface area contributed by atoms with Crippen molar-refractivity contribution in [2.24, 2.45) is 0 Å². The highest BCUT2D eigenvalue weighted by Gasteiger charge is 2.02. The van der Waals surface area contributed by atoms with E-state index in [2.05, 4.69) is 0 Å². The molecule has 0 spiro atoms. The van der Waals surface area contributed by atoms with Crippen LogP contribution < -0.4 is 0 Å². The van der Waals surface area contributed by atoms with Crippen molar-refractivity contribution in [1.29, 1.82) is 0 Å². The summed E-state index contributed by atoms with van der Waals surface area (Å²) in [6.07, 6.45) is 2.18. The van der Waals surface area contributed by atoms with Gasteiger partial charge in [-0.05, 0) is 19.3 Å². The first-order valence-electron chi connectivity index (χ1n) is 5.08. The van der Waals surface area contributed by atoms with E-state index in [9.17, 15) is 4.79 Å². The fourth-order valence-corrected chi connectivity index (χ4v) is 0.931. The van der Waals surface area contributed by atoms with Crippen LogP contribution >= 0.6 is 0 Å². The summed E-state index contributed by atoms with van der Waals surface area (Å²) in [5, 5.41) is 0. The van der Waals surface area contributed by atoms with E-state index >= 15 is 0 Å². The van der Waals surface area contributed by atoms with E-state index < -0.39 is 6.16 Å². The van der Waals surface area contributed by atoms with Crippen LogP contribution in [0.25, 0.3) is 0 Å². The van der Waals surface area contributed by atoms with Gasteiger partial charge < -0.3 is 18.9 Å². The molecule has 0 aliphatic carbocycles. The van der Waals surface area contributed by atoms with Crippen LogP contribution in [0, 0.1) is 0 Å². The number of hydrogen-bond acceptors (Lipinski definition) is 5. The summed E-state index contributed by atoms with van der Waals surface area (Å²) in [5.74, 6) is 0. The Morgan fingerprint density at radius 2 is 1.40 bits per heavy atom. The van der Waals surface area contributed by atoms with Gasteiger partial charge in [0.05, 0.1) is 13.2 Å². The minimum absolute atomic E-state index is 0.235. The van der Waals surface area contributed by atoms with Gasteiger partial charge in [0.25, 0.3) is 0 Å². The molecule has 0 aliphatic heterocycles. The lowest BCUT2D eigenvalue weighted by molar-refractivity contribution is 0.0355. The van der Waals surface area contributed by atoms with Crippen LogP contribution in [0.2, 0.25) is 0 Å². The normalized spacial score (nSPS) is 10.0. The second kappa shape index (κ2) is 11.3. The highest BCUT2D eigenvalue weighted by atomic mass is 16.7. The molecule has 0 aromatic rings. The Bertz CT molecular complexity index is 149. The second-order valence-corrected chi connectivity index (χ2v) is 2.99. The summed E-state index contributed by atoms with van der Waals surface area (Å²) in [6.45, 7) is 1.77. The molecule has 0 rings (SSSR count). The van der Waals surface area contributed by atoms with Gasteiger partial charge in [0, 0.05) is 20.8 Å². The molecule has 5 nitrogen and oxygen atoms in total. The quantitative estimate of drug-likeness (QED) is 0.436. The van der Waals surface area contributed by atoms with Gasteiger partial charge in [-0.1, -0.05) is 0 Å². The van der Waals surface area contributed by atoms with E-state index in [0.29, 0.717) is 13.2 Å². The van der Waals surface area contributed by atoms with Crippen molar-refractivity contribution in [3.8, 4) is 0 Å². The molecule has 0 fully saturated rings. The highest BCUT2D eigenvalue weighted by Crippen LogP contribution is 1.97. The molecule has 0 aromatic carbocycles. The summed E-state index contributed by atoms with van der Waals surface area (Å²) < 4.78 is 19.1. The van der Waals surface area contributed by atoms with E-state index in [4.69, 9.17) is 18.9 Å². The molecule has 0 saturated heterocycles. The van der Waals surface area contributed by atoms with E-state index in [-0.39, 0.29) is 6.61 Å². The molecule has 0 saturated carbocycles. The molecule has 0 unspecified atom stereocenters. The van der Waals surface area contributed by atoms with Gasteiger partial charge in [0.1, 0.15) is 6.61 Å². The number of methoxy groups -OCH3 is 2. The smallest absolute Gasteiger partial charge is 0.434 e. The summed E-state index contributed by atoms with van der Waals surface area (Å²) >= 11 is 0. The van der Waals surface area contributed by atoms with Gasteiger partial charge in [-0.3, -0.25) is 0 Å². The van der Waals surface area contributed by atoms with Gasteiger partial charge in [0.2, 0.25) is 0 Å². The van der Waals surface area contributed by atoms with Crippen molar-refractivity contribution in [2.75, 3.05) is 40.6 Å². The molecule has 15 heavy (non-hydrogen) atoms. The highest BCUT2D eigenvalue weighted by molar-refractivity contribution is 5.59. The maximum Gasteiger partial charge on any atom is 0.508 e. The van der Waals surface area contributed by atoms with Gasteiger partial charge in [-0.25, -0.2) is 4.79 Å². The number of unbranched alkanes of at least 4 members (excludes halogenated alkanes) is 2. The Kier molecular flexibility index (Phi) is 10.7. The molecule has 0 atom stereocenters. The van der Waals surface area contributed by atoms with Gasteiger partial charge in [-0.15, -0.1) is 0 Å². The largest absolute Gasteiger partial charge is 0.508 e. The van der Waals surface area contributed by atoms with Crippen LogP contribution in [-0.2, 0) is 18.9 Å². The zero-order valence-corrected chi connectivity index (χ0v) is 9.49. The monoisotopic (exact) mass is 220 g/mol. The standard InChI is InChI=1S/C10H20O5/c1-12-6-4-3-5-7-14-10(11)15-9-8-13-2/h3-9H2,1-2H3. The molecule has 90 valence electrons. The Balaban J connectivity index is 3.10. The Labute approximate surface area is 90.6 Å². The average Bonchev–Trinajstić information content (AvgIpc) is 2.23. The van der Waals surface area contributed by atoms with Crippen LogP contribution in [-0.4, -0.2) is 46.8 Å². The molecule has 0 aliphatic rings. The first kappa shape index (κ1) is 14.2. The number of carbonyl (C=O) groups is 1. The number of ether oxygens (including phenoxy) is 4. The van der Waals surface area contributed by atoms with Crippen molar-refractivity contribution in [1.82, 2.24) is 0 Å². The van der Waals surface area contributed by atoms with Gasteiger partial charge in [-0.2, -0.15) is 0 Å². The lowest BCUT2D eigenvalue weighted by Crippen LogP contribution is -2.12. The molecule has 0 radical (unpaired) electrons. The number of rotatable bonds is 9. The van der Waals surface area contributed by atoms with Crippen molar-refractivity contribution in [3.63, 3.8) is 0 Å². The maximum atomic E-state index is 10.9. The van der Waals surface area contributed by atoms with E-state index in [1.54, 1.807) is 14.2 Å². The van der Waals surface area contributed by atoms with E-state index in [0.717, 1.165) is 25.9 Å². The van der Waals surface area contributed by atoms with Crippen molar-refractivity contribution >= 4 is 6.16 Å². The fourth-order valence-electron chi connectivity index (χ4n) is 0.931.